The SMILES string of the molecule is CCOC1(C(N)C(CC)CC)CCCC1. The molecule has 90 valence electrons. The third kappa shape index (κ3) is 2.73. The van der Waals surface area contributed by atoms with E-state index in [0.717, 1.165) is 6.61 Å². The second-order valence-corrected chi connectivity index (χ2v) is 4.81. The molecule has 0 aromatic heterocycles. The molecule has 1 aliphatic rings. The van der Waals surface area contributed by atoms with Crippen molar-refractivity contribution in [1.82, 2.24) is 0 Å². The maximum absolute atomic E-state index is 6.44. The molecule has 0 bridgehead atoms. The highest BCUT2D eigenvalue weighted by Gasteiger charge is 2.42. The average Bonchev–Trinajstić information content (AvgIpc) is 2.70. The van der Waals surface area contributed by atoms with Crippen LogP contribution in [0.15, 0.2) is 0 Å². The van der Waals surface area contributed by atoms with Crippen LogP contribution < -0.4 is 5.73 Å². The average molecular weight is 213 g/mol. The van der Waals surface area contributed by atoms with Gasteiger partial charge in [0, 0.05) is 12.6 Å². The van der Waals surface area contributed by atoms with Gasteiger partial charge in [-0.15, -0.1) is 0 Å². The van der Waals surface area contributed by atoms with E-state index < -0.39 is 0 Å². The Morgan fingerprint density at radius 2 is 1.67 bits per heavy atom. The Bertz CT molecular complexity index is 171. The zero-order chi connectivity index (χ0) is 11.3. The fraction of sp³-hybridized carbons (Fsp3) is 1.00. The first-order valence-corrected chi connectivity index (χ1v) is 6.59. The van der Waals surface area contributed by atoms with Gasteiger partial charge in [-0.25, -0.2) is 0 Å². The fourth-order valence-electron chi connectivity index (χ4n) is 3.06. The molecular formula is C13H27NO. The van der Waals surface area contributed by atoms with Gasteiger partial charge in [0.2, 0.25) is 0 Å². The molecule has 0 aliphatic heterocycles. The Labute approximate surface area is 94.6 Å². The van der Waals surface area contributed by atoms with Crippen molar-refractivity contribution in [3.8, 4) is 0 Å². The third-order valence-electron chi connectivity index (χ3n) is 4.05. The van der Waals surface area contributed by atoms with Crippen molar-refractivity contribution in [3.63, 3.8) is 0 Å². The summed E-state index contributed by atoms with van der Waals surface area (Å²) in [5.41, 5.74) is 6.45. The smallest absolute Gasteiger partial charge is 0.0835 e. The van der Waals surface area contributed by atoms with Crippen molar-refractivity contribution in [1.29, 1.82) is 0 Å². The minimum absolute atomic E-state index is 0.00539. The first-order chi connectivity index (χ1) is 7.20. The highest BCUT2D eigenvalue weighted by Crippen LogP contribution is 2.39. The highest BCUT2D eigenvalue weighted by molar-refractivity contribution is 4.97. The van der Waals surface area contributed by atoms with Crippen LogP contribution in [0.5, 0.6) is 0 Å². The molecule has 1 saturated carbocycles. The second-order valence-electron chi connectivity index (χ2n) is 4.81. The van der Waals surface area contributed by atoms with Crippen LogP contribution in [0.2, 0.25) is 0 Å². The molecule has 1 atom stereocenters. The summed E-state index contributed by atoms with van der Waals surface area (Å²) >= 11 is 0. The number of nitrogens with two attached hydrogens (primary N) is 1. The van der Waals surface area contributed by atoms with E-state index in [1.165, 1.54) is 38.5 Å². The molecule has 1 rings (SSSR count). The number of ether oxygens (including phenoxy) is 1. The molecule has 0 spiro atoms. The molecule has 1 unspecified atom stereocenters. The van der Waals surface area contributed by atoms with Gasteiger partial charge in [-0.3, -0.25) is 0 Å². The van der Waals surface area contributed by atoms with Gasteiger partial charge in [0.1, 0.15) is 0 Å². The van der Waals surface area contributed by atoms with Crippen molar-refractivity contribution in [2.75, 3.05) is 6.61 Å². The van der Waals surface area contributed by atoms with Crippen molar-refractivity contribution in [3.05, 3.63) is 0 Å². The van der Waals surface area contributed by atoms with E-state index in [2.05, 4.69) is 20.8 Å². The van der Waals surface area contributed by atoms with Crippen molar-refractivity contribution in [2.45, 2.75) is 70.9 Å². The Morgan fingerprint density at radius 3 is 2.07 bits per heavy atom. The van der Waals surface area contributed by atoms with Crippen LogP contribution in [0.4, 0.5) is 0 Å². The largest absolute Gasteiger partial charge is 0.374 e. The zero-order valence-electron chi connectivity index (χ0n) is 10.6. The summed E-state index contributed by atoms with van der Waals surface area (Å²) in [4.78, 5) is 0. The van der Waals surface area contributed by atoms with E-state index in [4.69, 9.17) is 10.5 Å². The molecule has 0 heterocycles. The predicted octanol–water partition coefficient (Wildman–Crippen LogP) is 3.10. The van der Waals surface area contributed by atoms with Crippen molar-refractivity contribution < 1.29 is 4.74 Å². The summed E-state index contributed by atoms with van der Waals surface area (Å²) in [7, 11) is 0. The monoisotopic (exact) mass is 213 g/mol. The van der Waals surface area contributed by atoms with Gasteiger partial charge in [0.25, 0.3) is 0 Å². The van der Waals surface area contributed by atoms with Crippen LogP contribution in [-0.4, -0.2) is 18.2 Å². The zero-order valence-corrected chi connectivity index (χ0v) is 10.6. The molecule has 1 aliphatic carbocycles. The van der Waals surface area contributed by atoms with Gasteiger partial charge in [-0.1, -0.05) is 39.5 Å². The lowest BCUT2D eigenvalue weighted by Gasteiger charge is -2.39. The Balaban J connectivity index is 2.69. The minimum Gasteiger partial charge on any atom is -0.374 e. The number of hydrogen-bond acceptors (Lipinski definition) is 2. The minimum atomic E-state index is 0.00539. The van der Waals surface area contributed by atoms with E-state index in [1.54, 1.807) is 0 Å². The van der Waals surface area contributed by atoms with E-state index in [9.17, 15) is 0 Å². The molecule has 2 heteroatoms. The lowest BCUT2D eigenvalue weighted by atomic mass is 9.81. The molecular weight excluding hydrogens is 186 g/mol. The summed E-state index contributed by atoms with van der Waals surface area (Å²) in [5, 5.41) is 0. The first kappa shape index (κ1) is 13.0. The van der Waals surface area contributed by atoms with Gasteiger partial charge >= 0.3 is 0 Å². The molecule has 0 saturated heterocycles. The molecule has 15 heavy (non-hydrogen) atoms. The van der Waals surface area contributed by atoms with Crippen molar-refractivity contribution >= 4 is 0 Å². The molecule has 1 fully saturated rings. The standard InChI is InChI=1S/C13H27NO/c1-4-11(5-2)12(14)13(15-6-3)9-7-8-10-13/h11-12H,4-10,14H2,1-3H3. The normalized spacial score (nSPS) is 22.2. The Morgan fingerprint density at radius 1 is 1.13 bits per heavy atom. The van der Waals surface area contributed by atoms with Crippen LogP contribution in [0.1, 0.15) is 59.3 Å². The molecule has 0 radical (unpaired) electrons. The summed E-state index contributed by atoms with van der Waals surface area (Å²) < 4.78 is 6.01. The molecule has 0 aromatic rings. The summed E-state index contributed by atoms with van der Waals surface area (Å²) in [6.07, 6.45) is 7.25. The van der Waals surface area contributed by atoms with E-state index >= 15 is 0 Å². The van der Waals surface area contributed by atoms with E-state index in [0.29, 0.717) is 5.92 Å². The van der Waals surface area contributed by atoms with Crippen LogP contribution in [0.25, 0.3) is 0 Å². The van der Waals surface area contributed by atoms with Gasteiger partial charge < -0.3 is 10.5 Å². The van der Waals surface area contributed by atoms with Gasteiger partial charge in [0.05, 0.1) is 5.60 Å². The highest BCUT2D eigenvalue weighted by atomic mass is 16.5. The fourth-order valence-corrected chi connectivity index (χ4v) is 3.06. The Kier molecular flexibility index (Phi) is 5.07. The van der Waals surface area contributed by atoms with Gasteiger partial charge in [0.15, 0.2) is 0 Å². The maximum atomic E-state index is 6.44. The second kappa shape index (κ2) is 5.86. The lowest BCUT2D eigenvalue weighted by molar-refractivity contribution is -0.0661. The van der Waals surface area contributed by atoms with Crippen LogP contribution in [0.3, 0.4) is 0 Å². The molecule has 0 amide bonds. The predicted molar refractivity (Wildman–Crippen MR) is 64.9 cm³/mol. The maximum Gasteiger partial charge on any atom is 0.0835 e. The molecule has 0 aromatic carbocycles. The number of hydrogen-bond donors (Lipinski definition) is 1. The third-order valence-corrected chi connectivity index (χ3v) is 4.05. The van der Waals surface area contributed by atoms with Gasteiger partial charge in [-0.05, 0) is 25.7 Å². The summed E-state index contributed by atoms with van der Waals surface area (Å²) in [6.45, 7) is 7.36. The Hall–Kier alpha value is -0.0800. The summed E-state index contributed by atoms with van der Waals surface area (Å²) in [5.74, 6) is 0.620. The quantitative estimate of drug-likeness (QED) is 0.736. The topological polar surface area (TPSA) is 35.2 Å². The van der Waals surface area contributed by atoms with Crippen molar-refractivity contribution in [2.24, 2.45) is 11.7 Å². The van der Waals surface area contributed by atoms with Crippen LogP contribution in [0, 0.1) is 5.92 Å². The van der Waals surface area contributed by atoms with E-state index in [1.807, 2.05) is 0 Å². The number of rotatable bonds is 6. The van der Waals surface area contributed by atoms with Crippen LogP contribution in [-0.2, 0) is 4.74 Å². The van der Waals surface area contributed by atoms with Crippen LogP contribution >= 0.6 is 0 Å². The first-order valence-electron chi connectivity index (χ1n) is 6.59. The molecule has 2 nitrogen and oxygen atoms in total. The summed E-state index contributed by atoms with van der Waals surface area (Å²) in [6, 6.07) is 0.231. The molecule has 2 N–H and O–H groups in total. The van der Waals surface area contributed by atoms with E-state index in [-0.39, 0.29) is 11.6 Å². The lowest BCUT2D eigenvalue weighted by Crippen LogP contribution is -2.52. The van der Waals surface area contributed by atoms with Gasteiger partial charge in [-0.2, -0.15) is 0 Å².